The van der Waals surface area contributed by atoms with E-state index in [0.717, 1.165) is 35.7 Å². The Kier molecular flexibility index (Phi) is 5.53. The Bertz CT molecular complexity index is 607. The van der Waals surface area contributed by atoms with Crippen LogP contribution in [0.2, 0.25) is 5.02 Å². The Labute approximate surface area is 145 Å². The molecule has 1 unspecified atom stereocenters. The second kappa shape index (κ2) is 7.60. The van der Waals surface area contributed by atoms with Gasteiger partial charge in [0.05, 0.1) is 6.04 Å². The molecule has 1 aliphatic heterocycles. The van der Waals surface area contributed by atoms with Crippen molar-refractivity contribution in [1.82, 2.24) is 10.2 Å². The zero-order valence-electron chi connectivity index (χ0n) is 12.4. The van der Waals surface area contributed by atoms with E-state index in [-0.39, 0.29) is 6.04 Å². The monoisotopic (exact) mass is 378 g/mol. The largest absolute Gasteiger partial charge is 0.315 e. The van der Waals surface area contributed by atoms with Gasteiger partial charge in [0.2, 0.25) is 0 Å². The van der Waals surface area contributed by atoms with E-state index in [1.165, 1.54) is 17.5 Å². The molecule has 0 saturated carbocycles. The second-order valence-corrected chi connectivity index (χ2v) is 7.00. The molecule has 0 radical (unpaired) electrons. The average Bonchev–Trinajstić information content (AvgIpc) is 2.79. The number of hydrogen-bond acceptors (Lipinski definition) is 2. The summed E-state index contributed by atoms with van der Waals surface area (Å²) >= 11 is 9.76. The van der Waals surface area contributed by atoms with Crippen LogP contribution >= 0.6 is 27.5 Å². The lowest BCUT2D eigenvalue weighted by atomic mass is 9.97. The Morgan fingerprint density at radius 1 is 1.00 bits per heavy atom. The number of nitrogens with zero attached hydrogens (tertiary/aromatic N) is 1. The number of benzene rings is 2. The summed E-state index contributed by atoms with van der Waals surface area (Å²) in [5.41, 5.74) is 2.57. The fourth-order valence-electron chi connectivity index (χ4n) is 3.06. The summed E-state index contributed by atoms with van der Waals surface area (Å²) in [5, 5.41) is 4.28. The van der Waals surface area contributed by atoms with Crippen LogP contribution < -0.4 is 5.32 Å². The van der Waals surface area contributed by atoms with Gasteiger partial charge >= 0.3 is 0 Å². The summed E-state index contributed by atoms with van der Waals surface area (Å²) in [6.45, 7) is 4.28. The van der Waals surface area contributed by atoms with Crippen LogP contribution in [0.5, 0.6) is 0 Å². The van der Waals surface area contributed by atoms with Gasteiger partial charge in [0.15, 0.2) is 0 Å². The van der Waals surface area contributed by atoms with E-state index in [1.54, 1.807) is 0 Å². The molecule has 0 aliphatic carbocycles. The number of nitrogens with one attached hydrogen (secondary N) is 1. The Hall–Kier alpha value is -0.870. The first kappa shape index (κ1) is 16.0. The summed E-state index contributed by atoms with van der Waals surface area (Å²) < 4.78 is 1.11. The van der Waals surface area contributed by atoms with Crippen molar-refractivity contribution in [3.63, 3.8) is 0 Å². The smallest absolute Gasteiger partial charge is 0.0602 e. The van der Waals surface area contributed by atoms with E-state index in [1.807, 2.05) is 12.1 Å². The van der Waals surface area contributed by atoms with Crippen LogP contribution in [0.1, 0.15) is 23.6 Å². The lowest BCUT2D eigenvalue weighted by Crippen LogP contribution is -2.33. The van der Waals surface area contributed by atoms with Gasteiger partial charge in [0.25, 0.3) is 0 Å². The molecule has 1 aliphatic rings. The van der Waals surface area contributed by atoms with Gasteiger partial charge in [-0.3, -0.25) is 4.90 Å². The molecule has 1 saturated heterocycles. The molecule has 2 aromatic rings. The molecule has 2 aromatic carbocycles. The van der Waals surface area contributed by atoms with E-state index in [0.29, 0.717) is 0 Å². The van der Waals surface area contributed by atoms with Crippen LogP contribution in [0.3, 0.4) is 0 Å². The molecule has 2 nitrogen and oxygen atoms in total. The van der Waals surface area contributed by atoms with Gasteiger partial charge in [-0.2, -0.15) is 0 Å². The van der Waals surface area contributed by atoms with Gasteiger partial charge < -0.3 is 5.32 Å². The fraction of sp³-hybridized carbons (Fsp3) is 0.333. The minimum absolute atomic E-state index is 0.256. The van der Waals surface area contributed by atoms with Crippen LogP contribution in [0.25, 0.3) is 0 Å². The number of halogens is 2. The molecule has 1 N–H and O–H groups in total. The standard InChI is InChI=1S/C18H20BrClN2/c19-16-7-5-14(6-8-16)18(15-3-1-4-17(20)13-15)22-11-2-9-21-10-12-22/h1,3-8,13,18,21H,2,9-12H2. The van der Waals surface area contributed by atoms with E-state index in [4.69, 9.17) is 11.6 Å². The van der Waals surface area contributed by atoms with Crippen molar-refractivity contribution in [1.29, 1.82) is 0 Å². The zero-order chi connectivity index (χ0) is 15.4. The highest BCUT2D eigenvalue weighted by Crippen LogP contribution is 2.31. The number of rotatable bonds is 3. The predicted octanol–water partition coefficient (Wildman–Crippen LogP) is 4.49. The summed E-state index contributed by atoms with van der Waals surface area (Å²) in [6, 6.07) is 17.1. The maximum atomic E-state index is 6.23. The summed E-state index contributed by atoms with van der Waals surface area (Å²) in [6.07, 6.45) is 1.17. The van der Waals surface area contributed by atoms with Crippen molar-refractivity contribution < 1.29 is 0 Å². The Morgan fingerprint density at radius 3 is 2.59 bits per heavy atom. The third kappa shape index (κ3) is 3.90. The lowest BCUT2D eigenvalue weighted by Gasteiger charge is -2.31. The van der Waals surface area contributed by atoms with Crippen molar-refractivity contribution >= 4 is 27.5 Å². The molecule has 0 aromatic heterocycles. The predicted molar refractivity (Wildman–Crippen MR) is 96.5 cm³/mol. The highest BCUT2D eigenvalue weighted by atomic mass is 79.9. The van der Waals surface area contributed by atoms with Crippen LogP contribution in [-0.4, -0.2) is 31.1 Å². The van der Waals surface area contributed by atoms with Gasteiger partial charge in [0.1, 0.15) is 0 Å². The van der Waals surface area contributed by atoms with Crippen LogP contribution in [0, 0.1) is 0 Å². The first-order valence-electron chi connectivity index (χ1n) is 7.70. The van der Waals surface area contributed by atoms with E-state index in [2.05, 4.69) is 62.5 Å². The van der Waals surface area contributed by atoms with E-state index < -0.39 is 0 Å². The van der Waals surface area contributed by atoms with Crippen molar-refractivity contribution in [2.75, 3.05) is 26.2 Å². The van der Waals surface area contributed by atoms with E-state index in [9.17, 15) is 0 Å². The molecule has 0 amide bonds. The molecule has 1 heterocycles. The molecule has 1 fully saturated rings. The Balaban J connectivity index is 1.99. The van der Waals surface area contributed by atoms with Crippen molar-refractivity contribution in [3.8, 4) is 0 Å². The normalized spacial score (nSPS) is 17.9. The molecular weight excluding hydrogens is 360 g/mol. The quantitative estimate of drug-likeness (QED) is 0.845. The molecule has 22 heavy (non-hydrogen) atoms. The van der Waals surface area contributed by atoms with Crippen LogP contribution in [0.15, 0.2) is 53.0 Å². The summed E-state index contributed by atoms with van der Waals surface area (Å²) in [4.78, 5) is 2.55. The molecule has 116 valence electrons. The maximum absolute atomic E-state index is 6.23. The first-order chi connectivity index (χ1) is 10.7. The second-order valence-electron chi connectivity index (χ2n) is 5.65. The molecule has 3 rings (SSSR count). The molecule has 1 atom stereocenters. The third-order valence-corrected chi connectivity index (χ3v) is 4.85. The molecule has 4 heteroatoms. The molecule has 0 spiro atoms. The average molecular weight is 380 g/mol. The molecule has 0 bridgehead atoms. The third-order valence-electron chi connectivity index (χ3n) is 4.09. The molecular formula is C18H20BrClN2. The Morgan fingerprint density at radius 2 is 1.82 bits per heavy atom. The van der Waals surface area contributed by atoms with Crippen molar-refractivity contribution in [2.45, 2.75) is 12.5 Å². The van der Waals surface area contributed by atoms with Crippen molar-refractivity contribution in [3.05, 3.63) is 69.2 Å². The lowest BCUT2D eigenvalue weighted by molar-refractivity contribution is 0.241. The SMILES string of the molecule is Clc1cccc(C(c2ccc(Br)cc2)N2CCCNCC2)c1. The number of hydrogen-bond donors (Lipinski definition) is 1. The summed E-state index contributed by atoms with van der Waals surface area (Å²) in [7, 11) is 0. The minimum Gasteiger partial charge on any atom is -0.315 e. The highest BCUT2D eigenvalue weighted by Gasteiger charge is 2.23. The van der Waals surface area contributed by atoms with Crippen molar-refractivity contribution in [2.24, 2.45) is 0 Å². The van der Waals surface area contributed by atoms with Gasteiger partial charge in [-0.05, 0) is 48.4 Å². The fourth-order valence-corrected chi connectivity index (χ4v) is 3.52. The first-order valence-corrected chi connectivity index (χ1v) is 8.87. The van der Waals surface area contributed by atoms with Gasteiger partial charge in [-0.15, -0.1) is 0 Å². The minimum atomic E-state index is 0.256. The van der Waals surface area contributed by atoms with Gasteiger partial charge in [-0.25, -0.2) is 0 Å². The van der Waals surface area contributed by atoms with Crippen LogP contribution in [-0.2, 0) is 0 Å². The zero-order valence-corrected chi connectivity index (χ0v) is 14.8. The maximum Gasteiger partial charge on any atom is 0.0602 e. The van der Waals surface area contributed by atoms with Gasteiger partial charge in [-0.1, -0.05) is 51.8 Å². The van der Waals surface area contributed by atoms with E-state index >= 15 is 0 Å². The highest BCUT2D eigenvalue weighted by molar-refractivity contribution is 9.10. The summed E-state index contributed by atoms with van der Waals surface area (Å²) in [5.74, 6) is 0. The van der Waals surface area contributed by atoms with Crippen LogP contribution in [0.4, 0.5) is 0 Å². The topological polar surface area (TPSA) is 15.3 Å². The van der Waals surface area contributed by atoms with Gasteiger partial charge in [0, 0.05) is 29.1 Å².